The number of ether oxygens (including phenoxy) is 3. The van der Waals surface area contributed by atoms with Gasteiger partial charge in [-0.1, -0.05) is 0 Å². The third kappa shape index (κ3) is 6.22. The summed E-state index contributed by atoms with van der Waals surface area (Å²) in [4.78, 5) is 22.9. The smallest absolute Gasteiger partial charge is 0.332 e. The maximum atomic E-state index is 11.5. The van der Waals surface area contributed by atoms with Crippen LogP contribution in [-0.2, 0) is 23.8 Å². The lowest BCUT2D eigenvalue weighted by atomic mass is 10.2. The van der Waals surface area contributed by atoms with E-state index in [0.29, 0.717) is 13.0 Å². The van der Waals surface area contributed by atoms with E-state index in [0.717, 1.165) is 0 Å². The van der Waals surface area contributed by atoms with Crippen LogP contribution in [0.25, 0.3) is 0 Å². The average Bonchev–Trinajstić information content (AvgIpc) is 2.71. The van der Waals surface area contributed by atoms with Gasteiger partial charge in [0, 0.05) is 0 Å². The van der Waals surface area contributed by atoms with Crippen molar-refractivity contribution in [3.05, 3.63) is 0 Å². The van der Waals surface area contributed by atoms with Crippen LogP contribution in [-0.4, -0.2) is 49.9 Å². The highest BCUT2D eigenvalue weighted by Crippen LogP contribution is 2.14. The predicted molar refractivity (Wildman–Crippen MR) is 71.3 cm³/mol. The van der Waals surface area contributed by atoms with E-state index in [1.165, 1.54) is 7.11 Å². The molecule has 6 nitrogen and oxygen atoms in total. The van der Waals surface area contributed by atoms with E-state index in [-0.39, 0.29) is 31.1 Å². The molecule has 0 amide bonds. The van der Waals surface area contributed by atoms with E-state index in [4.69, 9.17) is 9.47 Å². The topological polar surface area (TPSA) is 73.9 Å². The predicted octanol–water partition coefficient (Wildman–Crippen LogP) is 0.670. The van der Waals surface area contributed by atoms with Crippen LogP contribution in [0.3, 0.4) is 0 Å². The normalized spacial score (nSPS) is 22.5. The van der Waals surface area contributed by atoms with Crippen molar-refractivity contribution < 1.29 is 23.8 Å². The molecule has 19 heavy (non-hydrogen) atoms. The summed E-state index contributed by atoms with van der Waals surface area (Å²) in [6.07, 6.45) is 0.327. The molecule has 0 saturated carbocycles. The Bertz CT molecular complexity index is 316. The van der Waals surface area contributed by atoms with Crippen molar-refractivity contribution >= 4 is 24.3 Å². The first kappa shape index (κ1) is 18.1. The quantitative estimate of drug-likeness (QED) is 0.769. The second kappa shape index (κ2) is 7.67. The average molecular weight is 296 g/mol. The molecule has 2 atom stereocenters. The van der Waals surface area contributed by atoms with Gasteiger partial charge in [-0.15, -0.1) is 12.4 Å². The highest BCUT2D eigenvalue weighted by Gasteiger charge is 2.35. The zero-order valence-electron chi connectivity index (χ0n) is 11.7. The Hall–Kier alpha value is -0.850. The van der Waals surface area contributed by atoms with Crippen LogP contribution in [0.4, 0.5) is 0 Å². The fraction of sp³-hybridized carbons (Fsp3) is 0.833. The van der Waals surface area contributed by atoms with Gasteiger partial charge in [0.2, 0.25) is 0 Å². The van der Waals surface area contributed by atoms with Crippen LogP contribution in [0.15, 0.2) is 0 Å². The minimum absolute atomic E-state index is 0. The van der Waals surface area contributed by atoms with E-state index in [9.17, 15) is 9.59 Å². The summed E-state index contributed by atoms with van der Waals surface area (Å²) in [5.41, 5.74) is -0.532. The van der Waals surface area contributed by atoms with Gasteiger partial charge in [0.15, 0.2) is 0 Å². The number of carbonyl (C=O) groups is 2. The van der Waals surface area contributed by atoms with E-state index in [1.807, 2.05) is 0 Å². The fourth-order valence-corrected chi connectivity index (χ4v) is 1.77. The van der Waals surface area contributed by atoms with Crippen LogP contribution >= 0.6 is 12.4 Å². The molecule has 1 saturated heterocycles. The van der Waals surface area contributed by atoms with Crippen molar-refractivity contribution in [2.75, 3.05) is 20.3 Å². The molecule has 1 heterocycles. The van der Waals surface area contributed by atoms with Gasteiger partial charge in [0.25, 0.3) is 0 Å². The lowest BCUT2D eigenvalue weighted by Crippen LogP contribution is -2.41. The zero-order chi connectivity index (χ0) is 13.8. The van der Waals surface area contributed by atoms with Crippen molar-refractivity contribution in [3.8, 4) is 0 Å². The molecule has 0 aromatic carbocycles. The van der Waals surface area contributed by atoms with Gasteiger partial charge < -0.3 is 19.5 Å². The van der Waals surface area contributed by atoms with Gasteiger partial charge in [-0.05, 0) is 33.7 Å². The first-order valence-corrected chi connectivity index (χ1v) is 5.98. The number of rotatable bonds is 4. The van der Waals surface area contributed by atoms with Crippen molar-refractivity contribution in [2.45, 2.75) is 44.9 Å². The molecular weight excluding hydrogens is 274 g/mol. The molecule has 1 N–H and O–H groups in total. The van der Waals surface area contributed by atoms with Gasteiger partial charge in [0.05, 0.1) is 13.2 Å². The molecule has 0 radical (unpaired) electrons. The third-order valence-corrected chi connectivity index (χ3v) is 2.46. The van der Waals surface area contributed by atoms with Gasteiger partial charge in [0.1, 0.15) is 18.2 Å². The molecule has 1 aliphatic rings. The summed E-state index contributed by atoms with van der Waals surface area (Å²) in [5, 5.41) is 2.98. The molecule has 0 aromatic heterocycles. The van der Waals surface area contributed by atoms with Crippen LogP contribution < -0.4 is 5.32 Å². The number of methoxy groups -OCH3 is 1. The van der Waals surface area contributed by atoms with Crippen LogP contribution in [0, 0.1) is 0 Å². The van der Waals surface area contributed by atoms with Crippen molar-refractivity contribution in [3.63, 3.8) is 0 Å². The Balaban J connectivity index is 0.00000324. The van der Waals surface area contributed by atoms with Crippen molar-refractivity contribution in [2.24, 2.45) is 0 Å². The van der Waals surface area contributed by atoms with E-state index in [2.05, 4.69) is 10.1 Å². The van der Waals surface area contributed by atoms with Gasteiger partial charge >= 0.3 is 11.9 Å². The van der Waals surface area contributed by atoms with Gasteiger partial charge in [-0.25, -0.2) is 4.79 Å². The molecule has 0 aliphatic carbocycles. The fourth-order valence-electron chi connectivity index (χ4n) is 1.77. The lowest BCUT2D eigenvalue weighted by molar-refractivity contribution is -0.164. The number of nitrogens with one attached hydrogen (secondary N) is 1. The maximum absolute atomic E-state index is 11.5. The number of hydrogen-bond donors (Lipinski definition) is 1. The molecule has 112 valence electrons. The van der Waals surface area contributed by atoms with Crippen LogP contribution in [0.1, 0.15) is 27.2 Å². The van der Waals surface area contributed by atoms with Crippen molar-refractivity contribution in [1.82, 2.24) is 5.32 Å². The van der Waals surface area contributed by atoms with Gasteiger partial charge in [-0.3, -0.25) is 4.79 Å². The summed E-state index contributed by atoms with van der Waals surface area (Å²) >= 11 is 0. The zero-order valence-corrected chi connectivity index (χ0v) is 12.5. The molecule has 1 rings (SSSR count). The Morgan fingerprint density at radius 1 is 1.32 bits per heavy atom. The molecule has 7 heteroatoms. The van der Waals surface area contributed by atoms with E-state index < -0.39 is 17.6 Å². The monoisotopic (exact) mass is 295 g/mol. The number of hydrogen-bond acceptors (Lipinski definition) is 6. The summed E-state index contributed by atoms with van der Waals surface area (Å²) in [6.45, 7) is 5.88. The van der Waals surface area contributed by atoms with Gasteiger partial charge in [-0.2, -0.15) is 0 Å². The number of carbonyl (C=O) groups excluding carboxylic acids is 2. The molecule has 1 fully saturated rings. The van der Waals surface area contributed by atoms with Crippen LogP contribution in [0.2, 0.25) is 0 Å². The summed E-state index contributed by atoms with van der Waals surface area (Å²) in [7, 11) is 1.33. The second-order valence-corrected chi connectivity index (χ2v) is 5.18. The second-order valence-electron chi connectivity index (χ2n) is 5.18. The van der Waals surface area contributed by atoms with Crippen LogP contribution in [0.5, 0.6) is 0 Å². The summed E-state index contributed by atoms with van der Waals surface area (Å²) < 4.78 is 15.2. The number of esters is 2. The minimum Gasteiger partial charge on any atom is -0.468 e. The molecule has 0 unspecified atom stereocenters. The minimum atomic E-state index is -0.532. The Kier molecular flexibility index (Phi) is 7.33. The largest absolute Gasteiger partial charge is 0.468 e. The number of halogens is 1. The molecule has 1 aliphatic heterocycles. The summed E-state index contributed by atoms with van der Waals surface area (Å²) in [6, 6.07) is -0.502. The molecular formula is C12H22ClNO5. The third-order valence-electron chi connectivity index (χ3n) is 2.46. The molecule has 0 aromatic rings. The maximum Gasteiger partial charge on any atom is 0.332 e. The molecule has 0 bridgehead atoms. The van der Waals surface area contributed by atoms with E-state index in [1.54, 1.807) is 20.8 Å². The summed E-state index contributed by atoms with van der Waals surface area (Å²) in [5.74, 6) is -0.806. The standard InChI is InChI=1S/C12H21NO5.ClH/c1-12(2,3)18-9(14)7-17-8-5-6-13-10(8)11(15)16-4;/h8,10,13H,5-7H2,1-4H3;1H/t8-,10-;/m0./s1. The highest BCUT2D eigenvalue weighted by molar-refractivity contribution is 5.85. The first-order valence-electron chi connectivity index (χ1n) is 5.98. The SMILES string of the molecule is COC(=O)[C@H]1NCC[C@@H]1OCC(=O)OC(C)(C)C.Cl. The lowest BCUT2D eigenvalue weighted by Gasteiger charge is -2.21. The first-order chi connectivity index (χ1) is 8.33. The Morgan fingerprint density at radius 3 is 2.47 bits per heavy atom. The Morgan fingerprint density at radius 2 is 1.95 bits per heavy atom. The highest BCUT2D eigenvalue weighted by atomic mass is 35.5. The van der Waals surface area contributed by atoms with Crippen molar-refractivity contribution in [1.29, 1.82) is 0 Å². The Labute approximate surface area is 119 Å². The van der Waals surface area contributed by atoms with E-state index >= 15 is 0 Å². The molecule has 0 spiro atoms.